The highest BCUT2D eigenvalue weighted by atomic mass is 32.2. The molecule has 4 rings (SSSR count). The van der Waals surface area contributed by atoms with E-state index in [2.05, 4.69) is 53.0 Å². The minimum absolute atomic E-state index is 0.232. The van der Waals surface area contributed by atoms with Gasteiger partial charge in [0.15, 0.2) is 0 Å². The van der Waals surface area contributed by atoms with Crippen molar-refractivity contribution in [3.05, 3.63) is 47.0 Å². The molecule has 2 aromatic heterocycles. The van der Waals surface area contributed by atoms with Crippen LogP contribution in [0.1, 0.15) is 17.7 Å². The molecule has 3 N–H and O–H groups in total. The molecule has 0 amide bonds. The first-order chi connectivity index (χ1) is 12.6. The fourth-order valence-corrected chi connectivity index (χ4v) is 4.63. The topological polar surface area (TPSA) is 60.4 Å². The minimum atomic E-state index is 0.232. The Morgan fingerprint density at radius 1 is 1.38 bits per heavy atom. The van der Waals surface area contributed by atoms with Crippen LogP contribution in [0, 0.1) is 6.92 Å². The van der Waals surface area contributed by atoms with Crippen molar-refractivity contribution in [1.29, 1.82) is 0 Å². The summed E-state index contributed by atoms with van der Waals surface area (Å²) < 4.78 is 1.08. The maximum atomic E-state index is 9.02. The highest BCUT2D eigenvalue weighted by Crippen LogP contribution is 2.31. The van der Waals surface area contributed by atoms with Crippen LogP contribution < -0.4 is 5.32 Å². The highest BCUT2D eigenvalue weighted by molar-refractivity contribution is 8.15. The second-order valence-electron chi connectivity index (χ2n) is 6.06. The van der Waals surface area contributed by atoms with E-state index in [9.17, 15) is 0 Å². The molecule has 1 aliphatic heterocycles. The molecule has 138 valence electrons. The van der Waals surface area contributed by atoms with E-state index in [4.69, 9.17) is 5.11 Å². The molecule has 3 aromatic rings. The lowest BCUT2D eigenvalue weighted by Crippen LogP contribution is -2.05. The number of thiol groups is 1. The van der Waals surface area contributed by atoms with Crippen molar-refractivity contribution >= 4 is 57.4 Å². The SMILES string of the molecule is CNc1cc(C)cc2cc(C3=NCC(CCO)S3)[nH]c12.Sc1cccs1. The zero-order valence-corrected chi connectivity index (χ0v) is 17.3. The van der Waals surface area contributed by atoms with Gasteiger partial charge in [-0.05, 0) is 48.6 Å². The lowest BCUT2D eigenvalue weighted by Gasteiger charge is -2.04. The summed E-state index contributed by atoms with van der Waals surface area (Å²) >= 11 is 7.46. The van der Waals surface area contributed by atoms with E-state index >= 15 is 0 Å². The Balaban J connectivity index is 0.000000278. The van der Waals surface area contributed by atoms with Gasteiger partial charge in [0.2, 0.25) is 0 Å². The number of rotatable bonds is 4. The van der Waals surface area contributed by atoms with Gasteiger partial charge in [0.05, 0.1) is 27.7 Å². The van der Waals surface area contributed by atoms with Crippen molar-refractivity contribution in [3.63, 3.8) is 0 Å². The van der Waals surface area contributed by atoms with Gasteiger partial charge in [0, 0.05) is 24.3 Å². The summed E-state index contributed by atoms with van der Waals surface area (Å²) in [5.74, 6) is 0. The van der Waals surface area contributed by atoms with E-state index in [1.54, 1.807) is 23.1 Å². The molecular formula is C19H23N3OS3. The van der Waals surface area contributed by atoms with Crippen LogP contribution in [0.3, 0.4) is 0 Å². The number of fused-ring (bicyclic) bond motifs is 1. The number of thiophene rings is 1. The number of aliphatic hydroxyl groups excluding tert-OH is 1. The van der Waals surface area contributed by atoms with Gasteiger partial charge >= 0.3 is 0 Å². The Kier molecular flexibility index (Phi) is 6.69. The van der Waals surface area contributed by atoms with E-state index in [1.165, 1.54) is 10.9 Å². The molecule has 3 heterocycles. The third-order valence-corrected chi connectivity index (χ3v) is 6.47. The number of hydrogen-bond donors (Lipinski definition) is 4. The van der Waals surface area contributed by atoms with E-state index < -0.39 is 0 Å². The fourth-order valence-electron chi connectivity index (χ4n) is 2.84. The number of benzene rings is 1. The number of aromatic amines is 1. The van der Waals surface area contributed by atoms with Gasteiger partial charge in [-0.2, -0.15) is 0 Å². The summed E-state index contributed by atoms with van der Waals surface area (Å²) in [5.41, 5.74) is 4.56. The predicted octanol–water partition coefficient (Wildman–Crippen LogP) is 4.80. The number of aliphatic hydroxyl groups is 1. The average molecular weight is 406 g/mol. The van der Waals surface area contributed by atoms with Gasteiger partial charge < -0.3 is 15.4 Å². The Labute approximate surface area is 167 Å². The molecule has 1 aliphatic rings. The highest BCUT2D eigenvalue weighted by Gasteiger charge is 2.21. The summed E-state index contributed by atoms with van der Waals surface area (Å²) in [7, 11) is 1.94. The largest absolute Gasteiger partial charge is 0.396 e. The number of thioether (sulfide) groups is 1. The summed E-state index contributed by atoms with van der Waals surface area (Å²) in [6.07, 6.45) is 0.804. The standard InChI is InChI=1S/C15H19N3OS.C4H4S2/c1-9-5-10-7-13(18-14(10)12(6-9)16-2)15-17-8-11(20-15)3-4-19;5-4-2-1-3-6-4/h5-7,11,16,18-19H,3-4,8H2,1-2H3;1-3,5H. The minimum Gasteiger partial charge on any atom is -0.396 e. The Hall–Kier alpha value is -1.41. The van der Waals surface area contributed by atoms with Crippen molar-refractivity contribution in [3.8, 4) is 0 Å². The summed E-state index contributed by atoms with van der Waals surface area (Å²) in [5, 5.41) is 16.9. The maximum absolute atomic E-state index is 9.02. The fraction of sp³-hybridized carbons (Fsp3) is 0.316. The van der Waals surface area contributed by atoms with Crippen molar-refractivity contribution in [2.24, 2.45) is 4.99 Å². The number of nitrogens with zero attached hydrogens (tertiary/aromatic N) is 1. The molecule has 0 bridgehead atoms. The molecule has 0 spiro atoms. The van der Waals surface area contributed by atoms with Gasteiger partial charge in [0.25, 0.3) is 0 Å². The van der Waals surface area contributed by atoms with E-state index in [-0.39, 0.29) is 6.61 Å². The molecule has 1 atom stereocenters. The molecule has 1 aromatic carbocycles. The predicted molar refractivity (Wildman–Crippen MR) is 119 cm³/mol. The van der Waals surface area contributed by atoms with Crippen LogP contribution in [0.4, 0.5) is 5.69 Å². The Morgan fingerprint density at radius 2 is 2.23 bits per heavy atom. The molecular weight excluding hydrogens is 382 g/mol. The second kappa shape index (κ2) is 8.99. The summed E-state index contributed by atoms with van der Waals surface area (Å²) in [6.45, 7) is 3.14. The Morgan fingerprint density at radius 3 is 2.85 bits per heavy atom. The van der Waals surface area contributed by atoms with Crippen LogP contribution in [0.2, 0.25) is 0 Å². The first kappa shape index (κ1) is 19.4. The van der Waals surface area contributed by atoms with E-state index in [0.29, 0.717) is 5.25 Å². The van der Waals surface area contributed by atoms with Crippen molar-refractivity contribution in [2.75, 3.05) is 25.5 Å². The molecule has 0 saturated carbocycles. The number of aryl methyl sites for hydroxylation is 1. The first-order valence-corrected chi connectivity index (χ1v) is 10.7. The number of aliphatic imine (C=N–C) groups is 1. The number of hydrogen-bond acceptors (Lipinski definition) is 6. The molecule has 1 unspecified atom stereocenters. The van der Waals surface area contributed by atoms with Gasteiger partial charge in [0.1, 0.15) is 5.04 Å². The average Bonchev–Trinajstić information content (AvgIpc) is 3.35. The zero-order valence-electron chi connectivity index (χ0n) is 14.8. The molecule has 26 heavy (non-hydrogen) atoms. The summed E-state index contributed by atoms with van der Waals surface area (Å²) in [6, 6.07) is 10.4. The van der Waals surface area contributed by atoms with Crippen molar-refractivity contribution in [1.82, 2.24) is 4.98 Å². The molecule has 0 fully saturated rings. The number of aromatic nitrogens is 1. The van der Waals surface area contributed by atoms with Crippen molar-refractivity contribution in [2.45, 2.75) is 22.8 Å². The van der Waals surface area contributed by atoms with Crippen LogP contribution in [0.15, 0.2) is 44.9 Å². The number of nitrogens with one attached hydrogen (secondary N) is 2. The first-order valence-electron chi connectivity index (χ1n) is 8.46. The number of anilines is 1. The van der Waals surface area contributed by atoms with Crippen molar-refractivity contribution < 1.29 is 5.11 Å². The van der Waals surface area contributed by atoms with Crippen LogP contribution in [-0.4, -0.2) is 40.6 Å². The van der Waals surface area contributed by atoms with Gasteiger partial charge in [-0.1, -0.05) is 17.8 Å². The number of H-pyrrole nitrogens is 1. The summed E-state index contributed by atoms with van der Waals surface area (Å²) in [4.78, 5) is 8.07. The Bertz CT molecular complexity index is 887. The quantitative estimate of drug-likeness (QED) is 0.472. The molecule has 0 radical (unpaired) electrons. The molecule has 7 heteroatoms. The maximum Gasteiger partial charge on any atom is 0.114 e. The zero-order chi connectivity index (χ0) is 18.5. The van der Waals surface area contributed by atoms with Gasteiger partial charge in [-0.25, -0.2) is 0 Å². The molecule has 0 saturated heterocycles. The smallest absolute Gasteiger partial charge is 0.114 e. The van der Waals surface area contributed by atoms with E-state index in [1.807, 2.05) is 24.6 Å². The normalized spacial score (nSPS) is 16.3. The lowest BCUT2D eigenvalue weighted by atomic mass is 10.1. The third kappa shape index (κ3) is 4.65. The monoisotopic (exact) mass is 405 g/mol. The lowest BCUT2D eigenvalue weighted by molar-refractivity contribution is 0.288. The molecule has 0 aliphatic carbocycles. The third-order valence-electron chi connectivity index (χ3n) is 4.05. The van der Waals surface area contributed by atoms with Crippen LogP contribution in [-0.2, 0) is 0 Å². The van der Waals surface area contributed by atoms with Gasteiger partial charge in [-0.15, -0.1) is 24.0 Å². The van der Waals surface area contributed by atoms with Crippen LogP contribution in [0.25, 0.3) is 10.9 Å². The van der Waals surface area contributed by atoms with Crippen LogP contribution in [0.5, 0.6) is 0 Å². The van der Waals surface area contributed by atoms with Crippen LogP contribution >= 0.6 is 35.7 Å². The second-order valence-corrected chi connectivity index (χ2v) is 9.08. The van der Waals surface area contributed by atoms with E-state index in [0.717, 1.165) is 39.1 Å². The molecule has 4 nitrogen and oxygen atoms in total. The van der Waals surface area contributed by atoms with Gasteiger partial charge in [-0.3, -0.25) is 4.99 Å².